The average molecular weight is 297 g/mol. The number of rotatable bonds is 8. The molecule has 0 aromatic carbocycles. The van der Waals surface area contributed by atoms with E-state index in [2.05, 4.69) is 19.2 Å². The summed E-state index contributed by atoms with van der Waals surface area (Å²) in [6.07, 6.45) is 8.01. The zero-order chi connectivity index (χ0) is 15.3. The first-order valence-electron chi connectivity index (χ1n) is 8.62. The van der Waals surface area contributed by atoms with Gasteiger partial charge in [0.15, 0.2) is 0 Å². The summed E-state index contributed by atoms with van der Waals surface area (Å²) in [5.41, 5.74) is -0.536. The summed E-state index contributed by atoms with van der Waals surface area (Å²) in [6, 6.07) is 0.267. The van der Waals surface area contributed by atoms with E-state index < -0.39 is 5.54 Å². The van der Waals surface area contributed by atoms with Crippen molar-refractivity contribution >= 4 is 5.97 Å². The molecule has 2 aliphatic rings. The average Bonchev–Trinajstić information content (AvgIpc) is 2.76. The molecule has 2 unspecified atom stereocenters. The third-order valence-electron chi connectivity index (χ3n) is 4.80. The minimum Gasteiger partial charge on any atom is -0.465 e. The van der Waals surface area contributed by atoms with Gasteiger partial charge in [0, 0.05) is 19.1 Å². The molecule has 0 aromatic heterocycles. The van der Waals surface area contributed by atoms with E-state index in [1.54, 1.807) is 0 Å². The Morgan fingerprint density at radius 1 is 1.33 bits per heavy atom. The van der Waals surface area contributed by atoms with Crippen LogP contribution in [-0.2, 0) is 14.3 Å². The van der Waals surface area contributed by atoms with Crippen LogP contribution in [0.1, 0.15) is 65.7 Å². The number of hydrogen-bond acceptors (Lipinski definition) is 4. The van der Waals surface area contributed by atoms with E-state index >= 15 is 0 Å². The van der Waals surface area contributed by atoms with Crippen molar-refractivity contribution in [1.29, 1.82) is 0 Å². The van der Waals surface area contributed by atoms with Gasteiger partial charge in [-0.15, -0.1) is 0 Å². The number of nitrogens with one attached hydrogen (secondary N) is 1. The lowest BCUT2D eigenvalue weighted by Gasteiger charge is -2.30. The molecule has 0 saturated heterocycles. The molecule has 122 valence electrons. The second-order valence-corrected chi connectivity index (χ2v) is 6.92. The molecular formula is C17H31NO3. The largest absolute Gasteiger partial charge is 0.465 e. The third kappa shape index (κ3) is 4.43. The van der Waals surface area contributed by atoms with Crippen LogP contribution >= 0.6 is 0 Å². The van der Waals surface area contributed by atoms with Crippen molar-refractivity contribution in [3.8, 4) is 0 Å². The Morgan fingerprint density at radius 3 is 2.67 bits per heavy atom. The van der Waals surface area contributed by atoms with Crippen LogP contribution in [0.4, 0.5) is 0 Å². The molecule has 4 heteroatoms. The van der Waals surface area contributed by atoms with Crippen LogP contribution in [0.3, 0.4) is 0 Å². The van der Waals surface area contributed by atoms with E-state index in [1.165, 1.54) is 25.7 Å². The zero-order valence-electron chi connectivity index (χ0n) is 13.8. The van der Waals surface area contributed by atoms with Crippen LogP contribution in [0.2, 0.25) is 0 Å². The van der Waals surface area contributed by atoms with Crippen LogP contribution in [0.15, 0.2) is 0 Å². The Morgan fingerprint density at radius 2 is 2.10 bits per heavy atom. The SMILES string of the molecule is CCOC(=O)C1(NC(C)C)CCC(OCCC2CCC2)C1. The van der Waals surface area contributed by atoms with Crippen LogP contribution in [0.5, 0.6) is 0 Å². The van der Waals surface area contributed by atoms with Gasteiger partial charge in [-0.05, 0) is 46.0 Å². The number of ether oxygens (including phenoxy) is 2. The molecule has 0 amide bonds. The van der Waals surface area contributed by atoms with Crippen molar-refractivity contribution in [2.45, 2.75) is 83.4 Å². The van der Waals surface area contributed by atoms with E-state index in [1.807, 2.05) is 6.92 Å². The van der Waals surface area contributed by atoms with Gasteiger partial charge in [0.05, 0.1) is 12.7 Å². The van der Waals surface area contributed by atoms with Gasteiger partial charge in [0.1, 0.15) is 5.54 Å². The first kappa shape index (κ1) is 16.8. The monoisotopic (exact) mass is 297 g/mol. The summed E-state index contributed by atoms with van der Waals surface area (Å²) >= 11 is 0. The maximum atomic E-state index is 12.3. The van der Waals surface area contributed by atoms with Crippen molar-refractivity contribution in [3.05, 3.63) is 0 Å². The minimum absolute atomic E-state index is 0.108. The van der Waals surface area contributed by atoms with E-state index in [-0.39, 0.29) is 18.1 Å². The molecule has 4 nitrogen and oxygen atoms in total. The molecule has 0 spiro atoms. The van der Waals surface area contributed by atoms with Crippen molar-refractivity contribution in [2.75, 3.05) is 13.2 Å². The smallest absolute Gasteiger partial charge is 0.326 e. The van der Waals surface area contributed by atoms with Gasteiger partial charge < -0.3 is 9.47 Å². The molecule has 0 aliphatic heterocycles. The lowest BCUT2D eigenvalue weighted by Crippen LogP contribution is -2.54. The van der Waals surface area contributed by atoms with Gasteiger partial charge in [-0.25, -0.2) is 0 Å². The zero-order valence-corrected chi connectivity index (χ0v) is 13.8. The fourth-order valence-corrected chi connectivity index (χ4v) is 3.52. The van der Waals surface area contributed by atoms with Crippen molar-refractivity contribution < 1.29 is 14.3 Å². The summed E-state index contributed by atoms with van der Waals surface area (Å²) in [5.74, 6) is 0.777. The molecule has 2 rings (SSSR count). The Hall–Kier alpha value is -0.610. The molecule has 0 aromatic rings. The molecule has 2 fully saturated rings. The highest BCUT2D eigenvalue weighted by Gasteiger charge is 2.47. The molecule has 2 aliphatic carbocycles. The Labute approximate surface area is 129 Å². The molecule has 2 saturated carbocycles. The van der Waals surface area contributed by atoms with E-state index in [0.717, 1.165) is 31.8 Å². The molecule has 0 heterocycles. The highest BCUT2D eigenvalue weighted by Crippen LogP contribution is 2.35. The Kier molecular flexibility index (Phi) is 6.06. The lowest BCUT2D eigenvalue weighted by molar-refractivity contribution is -0.151. The van der Waals surface area contributed by atoms with Gasteiger partial charge in [-0.1, -0.05) is 19.3 Å². The summed E-state index contributed by atoms with van der Waals surface area (Å²) in [7, 11) is 0. The van der Waals surface area contributed by atoms with Gasteiger partial charge in [-0.3, -0.25) is 10.1 Å². The van der Waals surface area contributed by atoms with Crippen molar-refractivity contribution in [1.82, 2.24) is 5.32 Å². The molecule has 2 atom stereocenters. The number of carbonyl (C=O) groups excluding carboxylic acids is 1. The maximum absolute atomic E-state index is 12.3. The summed E-state index contributed by atoms with van der Waals surface area (Å²) in [5, 5.41) is 3.44. The predicted octanol–water partition coefficient (Wildman–Crippen LogP) is 3.05. The first-order valence-corrected chi connectivity index (χ1v) is 8.62. The van der Waals surface area contributed by atoms with Crippen molar-refractivity contribution in [3.63, 3.8) is 0 Å². The number of esters is 1. The summed E-state index contributed by atoms with van der Waals surface area (Å²) in [6.45, 7) is 7.30. The summed E-state index contributed by atoms with van der Waals surface area (Å²) < 4.78 is 11.3. The quantitative estimate of drug-likeness (QED) is 0.700. The van der Waals surface area contributed by atoms with Gasteiger partial charge in [0.2, 0.25) is 0 Å². The minimum atomic E-state index is -0.536. The maximum Gasteiger partial charge on any atom is 0.326 e. The third-order valence-corrected chi connectivity index (χ3v) is 4.80. The van der Waals surface area contributed by atoms with Gasteiger partial charge in [-0.2, -0.15) is 0 Å². The van der Waals surface area contributed by atoms with Crippen LogP contribution in [-0.4, -0.2) is 36.9 Å². The first-order chi connectivity index (χ1) is 10.1. The van der Waals surface area contributed by atoms with Crippen LogP contribution in [0.25, 0.3) is 0 Å². The highest BCUT2D eigenvalue weighted by molar-refractivity contribution is 5.81. The van der Waals surface area contributed by atoms with Crippen LogP contribution in [0, 0.1) is 5.92 Å². The molecule has 0 bridgehead atoms. The van der Waals surface area contributed by atoms with E-state index in [9.17, 15) is 4.79 Å². The second-order valence-electron chi connectivity index (χ2n) is 6.92. The van der Waals surface area contributed by atoms with Crippen LogP contribution < -0.4 is 5.32 Å². The number of hydrogen-bond donors (Lipinski definition) is 1. The fourth-order valence-electron chi connectivity index (χ4n) is 3.52. The standard InChI is InChI=1S/C17H31NO3/c1-4-20-16(19)17(18-13(2)3)10-8-15(12-17)21-11-9-14-6-5-7-14/h13-15,18H,4-12H2,1-3H3. The Balaban J connectivity index is 1.82. The number of carbonyl (C=O) groups is 1. The molecule has 0 radical (unpaired) electrons. The molecular weight excluding hydrogens is 266 g/mol. The topological polar surface area (TPSA) is 47.6 Å². The van der Waals surface area contributed by atoms with Crippen molar-refractivity contribution in [2.24, 2.45) is 5.92 Å². The normalized spacial score (nSPS) is 29.6. The fraction of sp³-hybridized carbons (Fsp3) is 0.941. The molecule has 21 heavy (non-hydrogen) atoms. The van der Waals surface area contributed by atoms with E-state index in [4.69, 9.17) is 9.47 Å². The predicted molar refractivity (Wildman–Crippen MR) is 83.2 cm³/mol. The second kappa shape index (κ2) is 7.59. The lowest BCUT2D eigenvalue weighted by atomic mass is 9.83. The highest BCUT2D eigenvalue weighted by atomic mass is 16.5. The summed E-state index contributed by atoms with van der Waals surface area (Å²) in [4.78, 5) is 12.3. The molecule has 1 N–H and O–H groups in total. The Bertz CT molecular complexity index is 341. The van der Waals surface area contributed by atoms with E-state index in [0.29, 0.717) is 6.61 Å². The van der Waals surface area contributed by atoms with Gasteiger partial charge in [0.25, 0.3) is 0 Å². The van der Waals surface area contributed by atoms with Gasteiger partial charge >= 0.3 is 5.97 Å².